The van der Waals surface area contributed by atoms with Crippen molar-refractivity contribution in [2.24, 2.45) is 0 Å². The molecule has 0 aliphatic carbocycles. The molecule has 1 saturated heterocycles. The lowest BCUT2D eigenvalue weighted by Crippen LogP contribution is -2.08. The second kappa shape index (κ2) is 3.26. The third-order valence-electron chi connectivity index (χ3n) is 2.58. The normalized spacial score (nSPS) is 22.0. The number of aromatic hydroxyl groups is 1. The summed E-state index contributed by atoms with van der Waals surface area (Å²) in [6, 6.07) is 5.49. The Labute approximate surface area is 77.6 Å². The van der Waals surface area contributed by atoms with E-state index >= 15 is 0 Å². The number of phenols is 1. The van der Waals surface area contributed by atoms with Crippen molar-refractivity contribution in [1.29, 1.82) is 0 Å². The largest absolute Gasteiger partial charge is 0.506 e. The van der Waals surface area contributed by atoms with Gasteiger partial charge in [0.25, 0.3) is 0 Å². The van der Waals surface area contributed by atoms with Crippen molar-refractivity contribution in [3.8, 4) is 5.75 Å². The molecule has 1 aromatic carbocycles. The molecule has 2 rings (SSSR count). The summed E-state index contributed by atoms with van der Waals surface area (Å²) in [7, 11) is 0. The maximum Gasteiger partial charge on any atom is 0.138 e. The van der Waals surface area contributed by atoms with E-state index in [1.807, 2.05) is 12.1 Å². The van der Waals surface area contributed by atoms with E-state index in [9.17, 15) is 5.11 Å². The maximum atomic E-state index is 9.25. The Balaban J connectivity index is 2.25. The Morgan fingerprint density at radius 3 is 2.92 bits per heavy atom. The molecule has 1 aromatic rings. The van der Waals surface area contributed by atoms with E-state index in [0.717, 1.165) is 19.5 Å². The van der Waals surface area contributed by atoms with Gasteiger partial charge < -0.3 is 16.2 Å². The predicted octanol–water partition coefficient (Wildman–Crippen LogP) is 1.05. The Morgan fingerprint density at radius 1 is 1.46 bits per heavy atom. The minimum atomic E-state index is 0.176. The first kappa shape index (κ1) is 8.38. The van der Waals surface area contributed by atoms with Crippen molar-refractivity contribution in [3.63, 3.8) is 0 Å². The van der Waals surface area contributed by atoms with Crippen molar-refractivity contribution in [1.82, 2.24) is 5.32 Å². The van der Waals surface area contributed by atoms with Crippen LogP contribution in [0.3, 0.4) is 0 Å². The Bertz CT molecular complexity index is 306. The number of nitrogen functional groups attached to an aromatic ring is 1. The predicted molar refractivity (Wildman–Crippen MR) is 52.7 cm³/mol. The van der Waals surface area contributed by atoms with Gasteiger partial charge in [-0.15, -0.1) is 0 Å². The molecule has 4 N–H and O–H groups in total. The minimum Gasteiger partial charge on any atom is -0.506 e. The molecule has 3 nitrogen and oxygen atoms in total. The molecule has 0 aromatic heterocycles. The number of nitrogens with one attached hydrogen (secondary N) is 1. The molecular weight excluding hydrogens is 164 g/mol. The van der Waals surface area contributed by atoms with Gasteiger partial charge in [0.2, 0.25) is 0 Å². The molecular formula is C10H14N2O. The highest BCUT2D eigenvalue weighted by Crippen LogP contribution is 2.28. The number of nitrogens with two attached hydrogens (primary N) is 1. The van der Waals surface area contributed by atoms with Crippen molar-refractivity contribution < 1.29 is 5.11 Å². The van der Waals surface area contributed by atoms with Gasteiger partial charge in [-0.1, -0.05) is 6.07 Å². The number of anilines is 1. The minimum absolute atomic E-state index is 0.176. The Morgan fingerprint density at radius 2 is 2.31 bits per heavy atom. The smallest absolute Gasteiger partial charge is 0.138 e. The lowest BCUT2D eigenvalue weighted by molar-refractivity contribution is 0.477. The van der Waals surface area contributed by atoms with E-state index in [-0.39, 0.29) is 5.75 Å². The third kappa shape index (κ3) is 1.60. The summed E-state index contributed by atoms with van der Waals surface area (Å²) in [5, 5.41) is 12.5. The molecule has 0 radical (unpaired) electrons. The second-order valence-electron chi connectivity index (χ2n) is 3.51. The molecule has 3 heteroatoms. The molecule has 1 aliphatic heterocycles. The van der Waals surface area contributed by atoms with E-state index in [1.165, 1.54) is 5.56 Å². The molecule has 0 saturated carbocycles. The van der Waals surface area contributed by atoms with Gasteiger partial charge in [-0.25, -0.2) is 0 Å². The number of rotatable bonds is 1. The van der Waals surface area contributed by atoms with Crippen LogP contribution in [-0.2, 0) is 0 Å². The second-order valence-corrected chi connectivity index (χ2v) is 3.51. The molecule has 1 heterocycles. The molecule has 0 amide bonds. The summed E-state index contributed by atoms with van der Waals surface area (Å²) in [5.74, 6) is 0.734. The van der Waals surface area contributed by atoms with Crippen molar-refractivity contribution in [3.05, 3.63) is 23.8 Å². The zero-order valence-corrected chi connectivity index (χ0v) is 7.46. The zero-order valence-electron chi connectivity index (χ0n) is 7.46. The average molecular weight is 178 g/mol. The summed E-state index contributed by atoms with van der Waals surface area (Å²) in [6.45, 7) is 2.09. The van der Waals surface area contributed by atoms with Crippen LogP contribution in [-0.4, -0.2) is 18.2 Å². The van der Waals surface area contributed by atoms with Crippen molar-refractivity contribution in [2.45, 2.75) is 12.3 Å². The van der Waals surface area contributed by atoms with Crippen LogP contribution in [0.1, 0.15) is 17.9 Å². The zero-order chi connectivity index (χ0) is 9.26. The quantitative estimate of drug-likeness (QED) is 0.445. The SMILES string of the molecule is Nc1cc(C2CCNC2)ccc1O. The van der Waals surface area contributed by atoms with E-state index in [2.05, 4.69) is 5.32 Å². The van der Waals surface area contributed by atoms with Crippen LogP contribution in [0.2, 0.25) is 0 Å². The topological polar surface area (TPSA) is 58.3 Å². The van der Waals surface area contributed by atoms with Crippen LogP contribution in [0.15, 0.2) is 18.2 Å². The third-order valence-corrected chi connectivity index (χ3v) is 2.58. The summed E-state index contributed by atoms with van der Waals surface area (Å²) in [4.78, 5) is 0. The number of hydrogen-bond donors (Lipinski definition) is 3. The number of hydrogen-bond acceptors (Lipinski definition) is 3. The van der Waals surface area contributed by atoms with Crippen LogP contribution in [0.25, 0.3) is 0 Å². The van der Waals surface area contributed by atoms with E-state index < -0.39 is 0 Å². The lowest BCUT2D eigenvalue weighted by Gasteiger charge is -2.09. The first-order valence-electron chi connectivity index (χ1n) is 4.56. The highest BCUT2D eigenvalue weighted by Gasteiger charge is 2.16. The van der Waals surface area contributed by atoms with Crippen LogP contribution < -0.4 is 11.1 Å². The average Bonchev–Trinajstić information content (AvgIpc) is 2.62. The van der Waals surface area contributed by atoms with Crippen molar-refractivity contribution in [2.75, 3.05) is 18.8 Å². The van der Waals surface area contributed by atoms with Gasteiger partial charge in [-0.3, -0.25) is 0 Å². The standard InChI is InChI=1S/C10H14N2O/c11-9-5-7(1-2-10(9)13)8-3-4-12-6-8/h1-2,5,8,12-13H,3-4,6,11H2. The first-order chi connectivity index (χ1) is 6.27. The van der Waals surface area contributed by atoms with Gasteiger partial charge in [0, 0.05) is 6.54 Å². The Kier molecular flexibility index (Phi) is 2.10. The van der Waals surface area contributed by atoms with Gasteiger partial charge >= 0.3 is 0 Å². The van der Waals surface area contributed by atoms with Crippen LogP contribution in [0.4, 0.5) is 5.69 Å². The van der Waals surface area contributed by atoms with Gasteiger partial charge in [0.05, 0.1) is 5.69 Å². The summed E-state index contributed by atoms with van der Waals surface area (Å²) < 4.78 is 0. The van der Waals surface area contributed by atoms with Crippen LogP contribution in [0, 0.1) is 0 Å². The van der Waals surface area contributed by atoms with E-state index in [0.29, 0.717) is 11.6 Å². The summed E-state index contributed by atoms with van der Waals surface area (Å²) >= 11 is 0. The number of benzene rings is 1. The summed E-state index contributed by atoms with van der Waals surface area (Å²) in [6.07, 6.45) is 1.16. The highest BCUT2D eigenvalue weighted by atomic mass is 16.3. The molecule has 1 atom stereocenters. The van der Waals surface area contributed by atoms with Gasteiger partial charge in [0.1, 0.15) is 5.75 Å². The van der Waals surface area contributed by atoms with Gasteiger partial charge in [0.15, 0.2) is 0 Å². The molecule has 1 fully saturated rings. The van der Waals surface area contributed by atoms with E-state index in [1.54, 1.807) is 6.07 Å². The first-order valence-corrected chi connectivity index (χ1v) is 4.56. The fourth-order valence-electron chi connectivity index (χ4n) is 1.77. The molecule has 1 aliphatic rings. The molecule has 13 heavy (non-hydrogen) atoms. The van der Waals surface area contributed by atoms with Gasteiger partial charge in [-0.2, -0.15) is 0 Å². The highest BCUT2D eigenvalue weighted by molar-refractivity contribution is 5.54. The lowest BCUT2D eigenvalue weighted by atomic mass is 9.98. The molecule has 1 unspecified atom stereocenters. The van der Waals surface area contributed by atoms with E-state index in [4.69, 9.17) is 5.73 Å². The fourth-order valence-corrected chi connectivity index (χ4v) is 1.77. The van der Waals surface area contributed by atoms with Crippen molar-refractivity contribution >= 4 is 5.69 Å². The van der Waals surface area contributed by atoms with Crippen LogP contribution in [0.5, 0.6) is 5.75 Å². The molecule has 70 valence electrons. The summed E-state index contributed by atoms with van der Waals surface area (Å²) in [5.41, 5.74) is 7.32. The number of phenolic OH excluding ortho intramolecular Hbond substituents is 1. The van der Waals surface area contributed by atoms with Crippen LogP contribution >= 0.6 is 0 Å². The monoisotopic (exact) mass is 178 g/mol. The van der Waals surface area contributed by atoms with Gasteiger partial charge in [-0.05, 0) is 36.6 Å². The molecule has 0 bridgehead atoms. The maximum absolute atomic E-state index is 9.25. The molecule has 0 spiro atoms. The fraction of sp³-hybridized carbons (Fsp3) is 0.400. The Hall–Kier alpha value is -1.22.